The minimum absolute atomic E-state index is 0.0331. The van der Waals surface area contributed by atoms with Crippen molar-refractivity contribution in [1.82, 2.24) is 0 Å². The highest BCUT2D eigenvalue weighted by atomic mass is 16.5. The predicted molar refractivity (Wildman–Crippen MR) is 70.6 cm³/mol. The number of carbonyl (C=O) groups is 4. The Labute approximate surface area is 126 Å². The van der Waals surface area contributed by atoms with E-state index < -0.39 is 35.3 Å². The van der Waals surface area contributed by atoms with Crippen LogP contribution >= 0.6 is 0 Å². The van der Waals surface area contributed by atoms with Crippen molar-refractivity contribution in [2.24, 2.45) is 11.8 Å². The molecule has 0 fully saturated rings. The molecule has 0 aromatic carbocycles. The molecular formula is C14H14N2O6. The lowest BCUT2D eigenvalue weighted by atomic mass is 10.00. The molecule has 0 aliphatic carbocycles. The molecule has 0 bridgehead atoms. The first-order valence-electron chi connectivity index (χ1n) is 6.32. The van der Waals surface area contributed by atoms with Crippen molar-refractivity contribution < 1.29 is 28.7 Å². The monoisotopic (exact) mass is 306 g/mol. The maximum atomic E-state index is 11.6. The fraction of sp³-hybridized carbons (Fsp3) is 0.429. The third-order valence-electron chi connectivity index (χ3n) is 2.29. The van der Waals surface area contributed by atoms with E-state index in [4.69, 9.17) is 10.5 Å². The number of ether oxygens (including phenoxy) is 2. The number of Topliss-reactive ketones (excluding diaryl/α,β-unsaturated/α-hetero) is 2. The van der Waals surface area contributed by atoms with Gasteiger partial charge in [0, 0.05) is 0 Å². The fourth-order valence-corrected chi connectivity index (χ4v) is 1.26. The van der Waals surface area contributed by atoms with E-state index in [0.717, 1.165) is 12.2 Å². The summed E-state index contributed by atoms with van der Waals surface area (Å²) in [6.07, 6.45) is 1.81. The Bertz CT molecular complexity index is 517. The molecule has 0 spiro atoms. The van der Waals surface area contributed by atoms with Crippen molar-refractivity contribution in [3.05, 3.63) is 12.2 Å². The van der Waals surface area contributed by atoms with Crippen LogP contribution in [0.2, 0.25) is 0 Å². The lowest BCUT2D eigenvalue weighted by Crippen LogP contribution is -2.26. The highest BCUT2D eigenvalue weighted by molar-refractivity contribution is 6.36. The van der Waals surface area contributed by atoms with E-state index in [1.54, 1.807) is 0 Å². The summed E-state index contributed by atoms with van der Waals surface area (Å²) in [7, 11) is 0. The van der Waals surface area contributed by atoms with Crippen LogP contribution < -0.4 is 0 Å². The van der Waals surface area contributed by atoms with Crippen LogP contribution in [0.25, 0.3) is 0 Å². The molecule has 0 saturated heterocycles. The van der Waals surface area contributed by atoms with Crippen LogP contribution in [-0.2, 0) is 28.7 Å². The Morgan fingerprint density at radius 1 is 0.864 bits per heavy atom. The molecule has 0 aromatic heterocycles. The van der Waals surface area contributed by atoms with Gasteiger partial charge in [-0.2, -0.15) is 10.5 Å². The number of allylic oxidation sites excluding steroid dienone is 2. The molecule has 22 heavy (non-hydrogen) atoms. The van der Waals surface area contributed by atoms with Crippen molar-refractivity contribution in [3.63, 3.8) is 0 Å². The van der Waals surface area contributed by atoms with Gasteiger partial charge in [-0.15, -0.1) is 0 Å². The summed E-state index contributed by atoms with van der Waals surface area (Å²) in [6.45, 7) is 2.92. The molecular weight excluding hydrogens is 292 g/mol. The van der Waals surface area contributed by atoms with E-state index in [1.807, 2.05) is 0 Å². The average Bonchev–Trinajstić information content (AvgIpc) is 2.51. The molecule has 0 saturated carbocycles. The topological polar surface area (TPSA) is 134 Å². The average molecular weight is 306 g/mol. The summed E-state index contributed by atoms with van der Waals surface area (Å²) in [6, 6.07) is 3.08. The zero-order chi connectivity index (χ0) is 17.1. The summed E-state index contributed by atoms with van der Waals surface area (Å²) in [5.74, 6) is -7.65. The summed E-state index contributed by atoms with van der Waals surface area (Å²) >= 11 is 0. The van der Waals surface area contributed by atoms with Crippen LogP contribution in [0.3, 0.4) is 0 Å². The largest absolute Gasteiger partial charge is 0.460 e. The van der Waals surface area contributed by atoms with E-state index in [0.29, 0.717) is 0 Å². The molecule has 116 valence electrons. The van der Waals surface area contributed by atoms with E-state index in [1.165, 1.54) is 26.0 Å². The second-order valence-corrected chi connectivity index (χ2v) is 3.77. The standard InChI is InChI=1S/C14H14N2O6/c1-3-21-13(19)11(17)9(7-15)5-6-10(8-16)12(18)14(20)22-4-2/h5-6,9-10H,3-4H2,1-2H3/b6-5+/t9-,10-/m0/s1. The third kappa shape index (κ3) is 5.55. The number of nitriles is 2. The number of ketones is 2. The van der Waals surface area contributed by atoms with Crippen molar-refractivity contribution in [2.75, 3.05) is 13.2 Å². The molecule has 8 nitrogen and oxygen atoms in total. The van der Waals surface area contributed by atoms with Gasteiger partial charge >= 0.3 is 11.9 Å². The lowest BCUT2D eigenvalue weighted by molar-refractivity contribution is -0.154. The van der Waals surface area contributed by atoms with Crippen molar-refractivity contribution in [2.45, 2.75) is 13.8 Å². The SMILES string of the molecule is CCOC(=O)C(=O)[C@H](C#N)/C=C/[C@@H](C#N)C(=O)C(=O)OCC. The van der Waals surface area contributed by atoms with E-state index >= 15 is 0 Å². The first-order chi connectivity index (χ1) is 10.4. The van der Waals surface area contributed by atoms with Gasteiger partial charge in [-0.05, 0) is 13.8 Å². The number of hydrogen-bond donors (Lipinski definition) is 0. The second kappa shape index (κ2) is 9.83. The molecule has 0 rings (SSSR count). The minimum Gasteiger partial charge on any atom is -0.460 e. The van der Waals surface area contributed by atoms with Gasteiger partial charge in [0.2, 0.25) is 0 Å². The van der Waals surface area contributed by atoms with Crippen LogP contribution in [-0.4, -0.2) is 36.7 Å². The molecule has 0 aliphatic heterocycles. The van der Waals surface area contributed by atoms with Gasteiger partial charge in [-0.3, -0.25) is 9.59 Å². The van der Waals surface area contributed by atoms with Crippen LogP contribution in [0.15, 0.2) is 12.2 Å². The summed E-state index contributed by atoms with van der Waals surface area (Å²) < 4.78 is 8.92. The van der Waals surface area contributed by atoms with Crippen LogP contribution in [0.5, 0.6) is 0 Å². The first-order valence-corrected chi connectivity index (χ1v) is 6.32. The van der Waals surface area contributed by atoms with Gasteiger partial charge in [0.1, 0.15) is 11.8 Å². The third-order valence-corrected chi connectivity index (χ3v) is 2.29. The number of carbonyl (C=O) groups excluding carboxylic acids is 4. The highest BCUT2D eigenvalue weighted by Gasteiger charge is 2.27. The molecule has 0 unspecified atom stereocenters. The van der Waals surface area contributed by atoms with Gasteiger partial charge in [0.15, 0.2) is 0 Å². The Balaban J connectivity index is 5.03. The van der Waals surface area contributed by atoms with Crippen molar-refractivity contribution >= 4 is 23.5 Å². The number of esters is 2. The van der Waals surface area contributed by atoms with Crippen molar-refractivity contribution in [1.29, 1.82) is 10.5 Å². The van der Waals surface area contributed by atoms with Crippen LogP contribution in [0.1, 0.15) is 13.8 Å². The lowest BCUT2D eigenvalue weighted by Gasteiger charge is -2.05. The van der Waals surface area contributed by atoms with Gasteiger partial charge in [0.05, 0.1) is 25.4 Å². The maximum Gasteiger partial charge on any atom is 0.376 e. The summed E-state index contributed by atoms with van der Waals surface area (Å²) in [5.41, 5.74) is 0. The molecule has 2 atom stereocenters. The quantitative estimate of drug-likeness (QED) is 0.349. The molecule has 8 heteroatoms. The summed E-state index contributed by atoms with van der Waals surface area (Å²) in [4.78, 5) is 45.6. The molecule has 0 amide bonds. The zero-order valence-electron chi connectivity index (χ0n) is 12.1. The van der Waals surface area contributed by atoms with E-state index in [9.17, 15) is 19.2 Å². The molecule has 0 N–H and O–H groups in total. The fourth-order valence-electron chi connectivity index (χ4n) is 1.26. The van der Waals surface area contributed by atoms with Crippen molar-refractivity contribution in [3.8, 4) is 12.1 Å². The second-order valence-electron chi connectivity index (χ2n) is 3.77. The van der Waals surface area contributed by atoms with E-state index in [2.05, 4.69) is 9.47 Å². The van der Waals surface area contributed by atoms with Gasteiger partial charge in [-0.25, -0.2) is 9.59 Å². The smallest absolute Gasteiger partial charge is 0.376 e. The van der Waals surface area contributed by atoms with Crippen LogP contribution in [0, 0.1) is 34.5 Å². The Morgan fingerprint density at radius 3 is 1.41 bits per heavy atom. The minimum atomic E-state index is -1.51. The predicted octanol–water partition coefficient (Wildman–Crippen LogP) is 0.0866. The Morgan fingerprint density at radius 2 is 1.18 bits per heavy atom. The molecule has 0 radical (unpaired) electrons. The zero-order valence-corrected chi connectivity index (χ0v) is 12.1. The van der Waals surface area contributed by atoms with Crippen LogP contribution in [0.4, 0.5) is 0 Å². The summed E-state index contributed by atoms with van der Waals surface area (Å²) in [5, 5.41) is 17.7. The first kappa shape index (κ1) is 19.0. The Kier molecular flexibility index (Phi) is 8.49. The van der Waals surface area contributed by atoms with Gasteiger partial charge < -0.3 is 9.47 Å². The molecule has 0 heterocycles. The maximum absolute atomic E-state index is 11.6. The molecule has 0 aromatic rings. The number of nitrogens with zero attached hydrogens (tertiary/aromatic N) is 2. The number of rotatable bonds is 8. The number of hydrogen-bond acceptors (Lipinski definition) is 8. The van der Waals surface area contributed by atoms with Gasteiger partial charge in [-0.1, -0.05) is 12.2 Å². The normalized spacial score (nSPS) is 12.5. The highest BCUT2D eigenvalue weighted by Crippen LogP contribution is 2.07. The molecule has 0 aliphatic rings. The Hall–Kier alpha value is -3.00. The van der Waals surface area contributed by atoms with Gasteiger partial charge in [0.25, 0.3) is 11.6 Å². The van der Waals surface area contributed by atoms with E-state index in [-0.39, 0.29) is 13.2 Å².